The zero-order valence-electron chi connectivity index (χ0n) is 13.5. The van der Waals surface area contributed by atoms with Crippen molar-refractivity contribution in [2.75, 3.05) is 6.61 Å². The van der Waals surface area contributed by atoms with Crippen molar-refractivity contribution in [3.05, 3.63) is 70.0 Å². The molecule has 0 aliphatic carbocycles. The molecule has 1 unspecified atom stereocenters. The van der Waals surface area contributed by atoms with Gasteiger partial charge < -0.3 is 4.74 Å². The summed E-state index contributed by atoms with van der Waals surface area (Å²) in [6.45, 7) is 1.78. The molecule has 128 valence electrons. The highest BCUT2D eigenvalue weighted by Gasteiger charge is 2.32. The summed E-state index contributed by atoms with van der Waals surface area (Å²) >= 11 is 6.08. The highest BCUT2D eigenvalue weighted by atomic mass is 35.5. The molecule has 25 heavy (non-hydrogen) atoms. The molecule has 0 N–H and O–H groups in total. The van der Waals surface area contributed by atoms with Crippen molar-refractivity contribution in [1.82, 2.24) is 0 Å². The fourth-order valence-electron chi connectivity index (χ4n) is 2.75. The maximum Gasteiger partial charge on any atom is 0.338 e. The van der Waals surface area contributed by atoms with Crippen LogP contribution in [-0.2, 0) is 20.7 Å². The largest absolute Gasteiger partial charge is 0.464 e. The van der Waals surface area contributed by atoms with Gasteiger partial charge in [-0.15, -0.1) is 0 Å². The molecule has 0 fully saturated rings. The summed E-state index contributed by atoms with van der Waals surface area (Å²) in [7, 11) is 0. The van der Waals surface area contributed by atoms with Crippen LogP contribution in [0.15, 0.2) is 47.5 Å². The fraction of sp³-hybridized carbons (Fsp3) is 0.211. The first-order valence-electron chi connectivity index (χ1n) is 7.82. The van der Waals surface area contributed by atoms with Gasteiger partial charge in [0.05, 0.1) is 12.3 Å². The van der Waals surface area contributed by atoms with E-state index in [4.69, 9.17) is 16.3 Å². The number of fused-ring (bicyclic) bond motifs is 1. The Labute approximate surface area is 149 Å². The molecular weight excluding hydrogens is 345 g/mol. The summed E-state index contributed by atoms with van der Waals surface area (Å²) in [4.78, 5) is 29.0. The third kappa shape index (κ3) is 3.46. The number of benzene rings is 2. The van der Waals surface area contributed by atoms with E-state index in [0.29, 0.717) is 16.1 Å². The van der Waals surface area contributed by atoms with Crippen LogP contribution in [0.5, 0.6) is 0 Å². The van der Waals surface area contributed by atoms with E-state index in [2.05, 4.69) is 4.99 Å². The molecule has 4 nitrogen and oxygen atoms in total. The number of aliphatic imine (C=N–C) groups is 1. The highest BCUT2D eigenvalue weighted by Crippen LogP contribution is 2.26. The quantitative estimate of drug-likeness (QED) is 0.623. The Hall–Kier alpha value is -2.53. The molecular formula is C19H15ClFNO3. The lowest BCUT2D eigenvalue weighted by Gasteiger charge is -2.12. The minimum Gasteiger partial charge on any atom is -0.464 e. The van der Waals surface area contributed by atoms with E-state index >= 15 is 0 Å². The van der Waals surface area contributed by atoms with E-state index in [1.807, 2.05) is 0 Å². The van der Waals surface area contributed by atoms with Crippen molar-refractivity contribution in [2.24, 2.45) is 4.99 Å². The maximum absolute atomic E-state index is 14.4. The Morgan fingerprint density at radius 2 is 2.04 bits per heavy atom. The lowest BCUT2D eigenvalue weighted by atomic mass is 9.95. The molecule has 0 spiro atoms. The van der Waals surface area contributed by atoms with Crippen molar-refractivity contribution >= 4 is 29.1 Å². The fourth-order valence-corrected chi connectivity index (χ4v) is 2.92. The number of ketones is 1. The number of nitrogens with zero attached hydrogens (tertiary/aromatic N) is 1. The molecule has 1 aliphatic heterocycles. The predicted molar refractivity (Wildman–Crippen MR) is 92.6 cm³/mol. The number of ether oxygens (including phenoxy) is 1. The molecule has 6 heteroatoms. The molecule has 1 heterocycles. The van der Waals surface area contributed by atoms with Gasteiger partial charge in [-0.1, -0.05) is 29.8 Å². The van der Waals surface area contributed by atoms with Crippen LogP contribution in [0.25, 0.3) is 0 Å². The monoisotopic (exact) mass is 359 g/mol. The molecule has 1 aliphatic rings. The van der Waals surface area contributed by atoms with E-state index in [9.17, 15) is 14.0 Å². The van der Waals surface area contributed by atoms with Gasteiger partial charge in [0.1, 0.15) is 5.82 Å². The highest BCUT2D eigenvalue weighted by molar-refractivity contribution is 6.31. The summed E-state index contributed by atoms with van der Waals surface area (Å²) in [6.07, 6.45) is -0.00254. The van der Waals surface area contributed by atoms with E-state index in [1.165, 1.54) is 6.07 Å². The first-order valence-corrected chi connectivity index (χ1v) is 8.20. The van der Waals surface area contributed by atoms with Crippen LogP contribution in [0.2, 0.25) is 5.02 Å². The van der Waals surface area contributed by atoms with Crippen LogP contribution in [0.3, 0.4) is 0 Å². The third-order valence-electron chi connectivity index (χ3n) is 3.89. The number of hydrogen-bond acceptors (Lipinski definition) is 4. The summed E-state index contributed by atoms with van der Waals surface area (Å²) in [5, 5.41) is 0.435. The second-order valence-corrected chi connectivity index (χ2v) is 5.99. The number of Topliss-reactive ketones (excluding diaryl/α,β-unsaturated/α-hetero) is 1. The minimum atomic E-state index is -1.32. The van der Waals surface area contributed by atoms with Crippen LogP contribution in [-0.4, -0.2) is 30.1 Å². The standard InChI is InChI=1S/C19H15ClFNO3/c1-2-25-19(24)18-16(23)9-11-7-8-12(20)10-14(11)17(22-18)13-5-3-4-6-15(13)21/h3-8,10,18H,2,9H2,1H3. The van der Waals surface area contributed by atoms with Crippen molar-refractivity contribution < 1.29 is 18.7 Å². The molecule has 0 bridgehead atoms. The molecule has 1 atom stereocenters. The van der Waals surface area contributed by atoms with E-state index < -0.39 is 23.6 Å². The van der Waals surface area contributed by atoms with Gasteiger partial charge in [0.2, 0.25) is 6.04 Å². The number of carbonyl (C=O) groups excluding carboxylic acids is 2. The van der Waals surface area contributed by atoms with Gasteiger partial charge in [-0.25, -0.2) is 9.18 Å². The van der Waals surface area contributed by atoms with Gasteiger partial charge in [-0.2, -0.15) is 0 Å². The molecule has 2 aromatic carbocycles. The van der Waals surface area contributed by atoms with Gasteiger partial charge in [-0.05, 0) is 36.8 Å². The lowest BCUT2D eigenvalue weighted by molar-refractivity contribution is -0.147. The molecule has 0 aromatic heterocycles. The molecule has 2 aromatic rings. The van der Waals surface area contributed by atoms with E-state index in [-0.39, 0.29) is 24.3 Å². The first kappa shape index (κ1) is 17.3. The smallest absolute Gasteiger partial charge is 0.338 e. The number of hydrogen-bond donors (Lipinski definition) is 0. The molecule has 3 rings (SSSR count). The van der Waals surface area contributed by atoms with Crippen LogP contribution in [0, 0.1) is 5.82 Å². The van der Waals surface area contributed by atoms with Gasteiger partial charge >= 0.3 is 5.97 Å². The van der Waals surface area contributed by atoms with Crippen molar-refractivity contribution in [2.45, 2.75) is 19.4 Å². The van der Waals surface area contributed by atoms with Crippen molar-refractivity contribution in [1.29, 1.82) is 0 Å². The topological polar surface area (TPSA) is 55.7 Å². The summed E-state index contributed by atoms with van der Waals surface area (Å²) in [6, 6.07) is 9.73. The minimum absolute atomic E-state index is 0.00254. The van der Waals surface area contributed by atoms with Crippen LogP contribution in [0.4, 0.5) is 4.39 Å². The first-order chi connectivity index (χ1) is 12.0. The Bertz CT molecular complexity index is 879. The van der Waals surface area contributed by atoms with Gasteiger partial charge in [0.25, 0.3) is 0 Å². The number of esters is 1. The molecule has 0 radical (unpaired) electrons. The average Bonchev–Trinajstić information content (AvgIpc) is 2.72. The van der Waals surface area contributed by atoms with Crippen LogP contribution < -0.4 is 0 Å². The van der Waals surface area contributed by atoms with E-state index in [0.717, 1.165) is 0 Å². The molecule has 0 amide bonds. The zero-order valence-corrected chi connectivity index (χ0v) is 14.2. The summed E-state index contributed by atoms with van der Waals surface area (Å²) in [5.41, 5.74) is 1.61. The second-order valence-electron chi connectivity index (χ2n) is 5.56. The normalized spacial score (nSPS) is 16.7. The summed E-state index contributed by atoms with van der Waals surface area (Å²) in [5.74, 6) is -1.63. The van der Waals surface area contributed by atoms with Gasteiger partial charge in [0.15, 0.2) is 5.78 Å². The Morgan fingerprint density at radius 1 is 1.28 bits per heavy atom. The number of halogens is 2. The van der Waals surface area contributed by atoms with Gasteiger partial charge in [0, 0.05) is 22.6 Å². The number of rotatable bonds is 3. The average molecular weight is 360 g/mol. The Morgan fingerprint density at radius 3 is 2.76 bits per heavy atom. The SMILES string of the molecule is CCOC(=O)C1N=C(c2ccccc2F)c2cc(Cl)ccc2CC1=O. The molecule has 0 saturated heterocycles. The number of carbonyl (C=O) groups is 2. The van der Waals surface area contributed by atoms with Gasteiger partial charge in [-0.3, -0.25) is 9.79 Å². The van der Waals surface area contributed by atoms with Crippen molar-refractivity contribution in [3.63, 3.8) is 0 Å². The third-order valence-corrected chi connectivity index (χ3v) is 4.13. The predicted octanol–water partition coefficient (Wildman–Crippen LogP) is 3.37. The Balaban J connectivity index is 2.22. The van der Waals surface area contributed by atoms with E-state index in [1.54, 1.807) is 43.3 Å². The lowest BCUT2D eigenvalue weighted by Crippen LogP contribution is -2.31. The maximum atomic E-state index is 14.4. The zero-order chi connectivity index (χ0) is 18.0. The second kappa shape index (κ2) is 7.15. The van der Waals surface area contributed by atoms with Crippen LogP contribution in [0.1, 0.15) is 23.6 Å². The van der Waals surface area contributed by atoms with Crippen molar-refractivity contribution in [3.8, 4) is 0 Å². The van der Waals surface area contributed by atoms with Crippen LogP contribution >= 0.6 is 11.6 Å². The molecule has 0 saturated carbocycles. The Kier molecular flexibility index (Phi) is 4.95. The summed E-state index contributed by atoms with van der Waals surface area (Å²) < 4.78 is 19.3.